The summed E-state index contributed by atoms with van der Waals surface area (Å²) in [6, 6.07) is 6.11. The second-order valence-corrected chi connectivity index (χ2v) is 4.69. The third kappa shape index (κ3) is 2.99. The SMILES string of the molecule is CCc1ccc(C(Cl)C(C)=O)c(SC)c1. The van der Waals surface area contributed by atoms with E-state index in [1.165, 1.54) is 12.5 Å². The molecule has 0 saturated carbocycles. The second kappa shape index (κ2) is 5.57. The highest BCUT2D eigenvalue weighted by Crippen LogP contribution is 2.31. The number of ketones is 1. The Balaban J connectivity index is 3.12. The van der Waals surface area contributed by atoms with Gasteiger partial charge in [-0.2, -0.15) is 0 Å². The van der Waals surface area contributed by atoms with E-state index in [4.69, 9.17) is 11.6 Å². The quantitative estimate of drug-likeness (QED) is 0.590. The predicted molar refractivity (Wildman–Crippen MR) is 66.9 cm³/mol. The maximum atomic E-state index is 11.2. The lowest BCUT2D eigenvalue weighted by Crippen LogP contribution is -2.03. The lowest BCUT2D eigenvalue weighted by atomic mass is 10.1. The molecule has 15 heavy (non-hydrogen) atoms. The molecule has 0 spiro atoms. The number of thioether (sulfide) groups is 1. The number of benzene rings is 1. The fourth-order valence-corrected chi connectivity index (χ4v) is 2.35. The van der Waals surface area contributed by atoms with Crippen molar-refractivity contribution in [3.63, 3.8) is 0 Å². The minimum atomic E-state index is -0.515. The zero-order valence-electron chi connectivity index (χ0n) is 9.21. The van der Waals surface area contributed by atoms with Gasteiger partial charge in [0.25, 0.3) is 0 Å². The van der Waals surface area contributed by atoms with Gasteiger partial charge in [-0.05, 0) is 36.8 Å². The van der Waals surface area contributed by atoms with Crippen LogP contribution in [0.4, 0.5) is 0 Å². The largest absolute Gasteiger partial charge is 0.298 e. The number of rotatable bonds is 4. The number of halogens is 1. The summed E-state index contributed by atoms with van der Waals surface area (Å²) in [4.78, 5) is 12.3. The summed E-state index contributed by atoms with van der Waals surface area (Å²) in [7, 11) is 0. The van der Waals surface area contributed by atoms with Crippen molar-refractivity contribution in [2.45, 2.75) is 30.5 Å². The van der Waals surface area contributed by atoms with Gasteiger partial charge in [0, 0.05) is 4.90 Å². The molecule has 1 atom stereocenters. The third-order valence-electron chi connectivity index (χ3n) is 2.34. The topological polar surface area (TPSA) is 17.1 Å². The van der Waals surface area contributed by atoms with E-state index in [2.05, 4.69) is 13.0 Å². The highest BCUT2D eigenvalue weighted by atomic mass is 35.5. The van der Waals surface area contributed by atoms with Gasteiger partial charge in [-0.3, -0.25) is 4.79 Å². The summed E-state index contributed by atoms with van der Waals surface area (Å²) in [5, 5.41) is -0.515. The van der Waals surface area contributed by atoms with Crippen molar-refractivity contribution in [2.24, 2.45) is 0 Å². The molecule has 0 saturated heterocycles. The molecular weight excluding hydrogens is 228 g/mol. The van der Waals surface area contributed by atoms with Crippen LogP contribution in [0.5, 0.6) is 0 Å². The number of hydrogen-bond acceptors (Lipinski definition) is 2. The molecule has 0 aromatic heterocycles. The lowest BCUT2D eigenvalue weighted by Gasteiger charge is -2.12. The normalized spacial score (nSPS) is 12.5. The van der Waals surface area contributed by atoms with Crippen molar-refractivity contribution in [3.05, 3.63) is 29.3 Å². The maximum absolute atomic E-state index is 11.2. The number of carbonyl (C=O) groups excluding carboxylic acids is 1. The van der Waals surface area contributed by atoms with E-state index in [-0.39, 0.29) is 5.78 Å². The molecule has 0 heterocycles. The summed E-state index contributed by atoms with van der Waals surface area (Å²) >= 11 is 7.69. The molecule has 0 bridgehead atoms. The molecule has 1 aromatic carbocycles. The average molecular weight is 243 g/mol. The van der Waals surface area contributed by atoms with Gasteiger partial charge in [0.1, 0.15) is 5.38 Å². The molecule has 0 aliphatic carbocycles. The van der Waals surface area contributed by atoms with Gasteiger partial charge in [0.15, 0.2) is 5.78 Å². The van der Waals surface area contributed by atoms with Gasteiger partial charge in [-0.25, -0.2) is 0 Å². The molecule has 1 unspecified atom stereocenters. The first kappa shape index (κ1) is 12.6. The third-order valence-corrected chi connectivity index (χ3v) is 3.67. The van der Waals surface area contributed by atoms with Crippen LogP contribution in [0.2, 0.25) is 0 Å². The minimum absolute atomic E-state index is 0.00350. The standard InChI is InChI=1S/C12H15ClOS/c1-4-9-5-6-10(11(7-9)15-3)12(13)8(2)14/h5-7,12H,4H2,1-3H3. The van der Waals surface area contributed by atoms with E-state index in [0.717, 1.165) is 16.9 Å². The zero-order valence-corrected chi connectivity index (χ0v) is 10.8. The number of aryl methyl sites for hydroxylation is 1. The van der Waals surface area contributed by atoms with Gasteiger partial charge < -0.3 is 0 Å². The first-order valence-corrected chi connectivity index (χ1v) is 6.57. The summed E-state index contributed by atoms with van der Waals surface area (Å²) in [5.41, 5.74) is 2.20. The van der Waals surface area contributed by atoms with Crippen LogP contribution in [0.15, 0.2) is 23.1 Å². The van der Waals surface area contributed by atoms with Crippen molar-refractivity contribution in [1.29, 1.82) is 0 Å². The molecule has 0 N–H and O–H groups in total. The maximum Gasteiger partial charge on any atom is 0.152 e. The molecule has 0 aliphatic rings. The summed E-state index contributed by atoms with van der Waals surface area (Å²) in [6.45, 7) is 3.64. The number of carbonyl (C=O) groups is 1. The van der Waals surface area contributed by atoms with Gasteiger partial charge >= 0.3 is 0 Å². The molecule has 0 amide bonds. The van der Waals surface area contributed by atoms with Crippen molar-refractivity contribution in [2.75, 3.05) is 6.26 Å². The Morgan fingerprint density at radius 2 is 2.20 bits per heavy atom. The average Bonchev–Trinajstić information content (AvgIpc) is 2.27. The highest BCUT2D eigenvalue weighted by molar-refractivity contribution is 7.98. The fraction of sp³-hybridized carbons (Fsp3) is 0.417. The van der Waals surface area contributed by atoms with Crippen molar-refractivity contribution >= 4 is 29.1 Å². The van der Waals surface area contributed by atoms with Crippen molar-refractivity contribution < 1.29 is 4.79 Å². The van der Waals surface area contributed by atoms with Crippen LogP contribution in [0, 0.1) is 0 Å². The summed E-state index contributed by atoms with van der Waals surface area (Å²) in [6.07, 6.45) is 3.00. The first-order valence-electron chi connectivity index (χ1n) is 4.91. The van der Waals surface area contributed by atoms with E-state index in [1.807, 2.05) is 18.4 Å². The smallest absolute Gasteiger partial charge is 0.152 e. The Bertz CT molecular complexity index is 363. The van der Waals surface area contributed by atoms with Gasteiger partial charge in [-0.15, -0.1) is 23.4 Å². The van der Waals surface area contributed by atoms with Crippen LogP contribution < -0.4 is 0 Å². The minimum Gasteiger partial charge on any atom is -0.298 e. The second-order valence-electron chi connectivity index (χ2n) is 3.40. The Labute approximate surface area is 100 Å². The lowest BCUT2D eigenvalue weighted by molar-refractivity contribution is -0.116. The van der Waals surface area contributed by atoms with E-state index in [0.29, 0.717) is 0 Å². The molecular formula is C12H15ClOS. The Kier molecular flexibility index (Phi) is 4.68. The van der Waals surface area contributed by atoms with Gasteiger partial charge in [0.2, 0.25) is 0 Å². The van der Waals surface area contributed by atoms with Crippen LogP contribution in [0.3, 0.4) is 0 Å². The first-order chi connectivity index (χ1) is 7.10. The van der Waals surface area contributed by atoms with E-state index >= 15 is 0 Å². The van der Waals surface area contributed by atoms with E-state index in [9.17, 15) is 4.79 Å². The Hall–Kier alpha value is -0.470. The number of Topliss-reactive ketones (excluding diaryl/α,β-unsaturated/α-hetero) is 1. The van der Waals surface area contributed by atoms with E-state index in [1.54, 1.807) is 11.8 Å². The molecule has 1 nitrogen and oxygen atoms in total. The summed E-state index contributed by atoms with van der Waals surface area (Å²) in [5.74, 6) is -0.00350. The molecule has 0 aliphatic heterocycles. The van der Waals surface area contributed by atoms with Crippen molar-refractivity contribution in [1.82, 2.24) is 0 Å². The van der Waals surface area contributed by atoms with Crippen LogP contribution in [0.1, 0.15) is 30.4 Å². The molecule has 0 radical (unpaired) electrons. The highest BCUT2D eigenvalue weighted by Gasteiger charge is 2.16. The van der Waals surface area contributed by atoms with Crippen LogP contribution in [-0.4, -0.2) is 12.0 Å². The van der Waals surface area contributed by atoms with Crippen LogP contribution >= 0.6 is 23.4 Å². The molecule has 82 valence electrons. The predicted octanol–water partition coefficient (Wildman–Crippen LogP) is 3.84. The molecule has 1 aromatic rings. The zero-order chi connectivity index (χ0) is 11.4. The number of alkyl halides is 1. The van der Waals surface area contributed by atoms with Gasteiger partial charge in [0.05, 0.1) is 0 Å². The fourth-order valence-electron chi connectivity index (χ4n) is 1.40. The van der Waals surface area contributed by atoms with E-state index < -0.39 is 5.38 Å². The number of hydrogen-bond donors (Lipinski definition) is 0. The van der Waals surface area contributed by atoms with Gasteiger partial charge in [-0.1, -0.05) is 19.1 Å². The van der Waals surface area contributed by atoms with Crippen LogP contribution in [0.25, 0.3) is 0 Å². The molecule has 3 heteroatoms. The Morgan fingerprint density at radius 1 is 1.53 bits per heavy atom. The summed E-state index contributed by atoms with van der Waals surface area (Å²) < 4.78 is 0. The molecule has 1 rings (SSSR count). The van der Waals surface area contributed by atoms with Crippen LogP contribution in [-0.2, 0) is 11.2 Å². The monoisotopic (exact) mass is 242 g/mol. The van der Waals surface area contributed by atoms with Crippen molar-refractivity contribution in [3.8, 4) is 0 Å². The Morgan fingerprint density at radius 3 is 2.67 bits per heavy atom. The molecule has 0 fully saturated rings.